The van der Waals surface area contributed by atoms with Crippen molar-refractivity contribution in [1.29, 1.82) is 0 Å². The summed E-state index contributed by atoms with van der Waals surface area (Å²) in [6.45, 7) is 0.232. The van der Waals surface area contributed by atoms with E-state index in [0.717, 1.165) is 22.1 Å². The lowest BCUT2D eigenvalue weighted by molar-refractivity contribution is -0.121. The summed E-state index contributed by atoms with van der Waals surface area (Å²) in [5.41, 5.74) is 0.506. The van der Waals surface area contributed by atoms with Crippen molar-refractivity contribution < 1.29 is 9.18 Å². The summed E-state index contributed by atoms with van der Waals surface area (Å²) in [5.74, 6) is 0.510. The molecule has 2 aromatic carbocycles. The lowest BCUT2D eigenvalue weighted by atomic mass is 10.2. The van der Waals surface area contributed by atoms with Crippen molar-refractivity contribution in [2.24, 2.45) is 0 Å². The van der Waals surface area contributed by atoms with Crippen molar-refractivity contribution in [3.05, 3.63) is 64.9 Å². The number of rotatable bonds is 7. The van der Waals surface area contributed by atoms with Crippen LogP contribution in [0.1, 0.15) is 18.4 Å². The summed E-state index contributed by atoms with van der Waals surface area (Å²) in [5, 5.41) is 3.46. The Labute approximate surface area is 139 Å². The first-order valence-corrected chi connectivity index (χ1v) is 8.40. The van der Waals surface area contributed by atoms with E-state index in [4.69, 9.17) is 11.6 Å². The summed E-state index contributed by atoms with van der Waals surface area (Å²) in [7, 11) is 0. The molecule has 0 aliphatic rings. The Hall–Kier alpha value is -1.52. The third-order valence-electron chi connectivity index (χ3n) is 3.06. The Morgan fingerprint density at radius 1 is 1.14 bits per heavy atom. The molecule has 2 aromatic rings. The van der Waals surface area contributed by atoms with Gasteiger partial charge in [0.25, 0.3) is 0 Å². The van der Waals surface area contributed by atoms with E-state index in [1.807, 2.05) is 24.3 Å². The van der Waals surface area contributed by atoms with Crippen LogP contribution in [0.4, 0.5) is 4.39 Å². The molecule has 0 saturated heterocycles. The number of hydrogen-bond donors (Lipinski definition) is 1. The summed E-state index contributed by atoms with van der Waals surface area (Å²) in [6.07, 6.45) is 1.21. The fraction of sp³-hybridized carbons (Fsp3) is 0.235. The van der Waals surface area contributed by atoms with Crippen LogP contribution >= 0.6 is 23.4 Å². The molecular formula is C17H17ClFNOS. The van der Waals surface area contributed by atoms with Gasteiger partial charge in [-0.25, -0.2) is 4.39 Å². The molecule has 0 spiro atoms. The van der Waals surface area contributed by atoms with E-state index in [-0.39, 0.29) is 18.3 Å². The highest BCUT2D eigenvalue weighted by Gasteiger charge is 2.04. The molecule has 1 N–H and O–H groups in total. The van der Waals surface area contributed by atoms with Crippen LogP contribution in [0.25, 0.3) is 0 Å². The SMILES string of the molecule is O=C(CCCSc1ccc(Cl)cc1)NCc1ccccc1F. The van der Waals surface area contributed by atoms with Crippen molar-refractivity contribution in [3.8, 4) is 0 Å². The Kier molecular flexibility index (Phi) is 6.74. The molecule has 0 fully saturated rings. The third-order valence-corrected chi connectivity index (χ3v) is 4.41. The van der Waals surface area contributed by atoms with Crippen LogP contribution < -0.4 is 5.32 Å². The molecule has 0 saturated carbocycles. The van der Waals surface area contributed by atoms with Crippen molar-refractivity contribution in [2.75, 3.05) is 5.75 Å². The fourth-order valence-electron chi connectivity index (χ4n) is 1.88. The van der Waals surface area contributed by atoms with Crippen LogP contribution in [0.5, 0.6) is 0 Å². The highest BCUT2D eigenvalue weighted by Crippen LogP contribution is 2.21. The maximum absolute atomic E-state index is 13.4. The van der Waals surface area contributed by atoms with Gasteiger partial charge in [-0.2, -0.15) is 0 Å². The van der Waals surface area contributed by atoms with Crippen molar-refractivity contribution >= 4 is 29.3 Å². The van der Waals surface area contributed by atoms with Crippen LogP contribution in [0, 0.1) is 5.82 Å². The normalized spacial score (nSPS) is 10.5. The van der Waals surface area contributed by atoms with Gasteiger partial charge in [0.1, 0.15) is 5.82 Å². The first-order valence-electron chi connectivity index (χ1n) is 7.03. The largest absolute Gasteiger partial charge is 0.352 e. The number of amides is 1. The van der Waals surface area contributed by atoms with Gasteiger partial charge in [-0.1, -0.05) is 29.8 Å². The minimum Gasteiger partial charge on any atom is -0.352 e. The number of thioether (sulfide) groups is 1. The number of hydrogen-bond acceptors (Lipinski definition) is 2. The molecule has 2 nitrogen and oxygen atoms in total. The highest BCUT2D eigenvalue weighted by atomic mass is 35.5. The average Bonchev–Trinajstić information content (AvgIpc) is 2.52. The molecule has 0 aromatic heterocycles. The fourth-order valence-corrected chi connectivity index (χ4v) is 2.86. The van der Waals surface area contributed by atoms with Gasteiger partial charge in [0, 0.05) is 28.4 Å². The van der Waals surface area contributed by atoms with E-state index in [0.29, 0.717) is 12.0 Å². The van der Waals surface area contributed by atoms with Crippen LogP contribution in [-0.2, 0) is 11.3 Å². The van der Waals surface area contributed by atoms with E-state index in [9.17, 15) is 9.18 Å². The Morgan fingerprint density at radius 3 is 2.59 bits per heavy atom. The monoisotopic (exact) mass is 337 g/mol. The quantitative estimate of drug-likeness (QED) is 0.587. The molecule has 0 unspecified atom stereocenters. The van der Waals surface area contributed by atoms with Crippen LogP contribution in [0.2, 0.25) is 5.02 Å². The first kappa shape index (κ1) is 16.8. The zero-order valence-corrected chi connectivity index (χ0v) is 13.6. The Morgan fingerprint density at radius 2 is 1.86 bits per heavy atom. The molecule has 1 amide bonds. The maximum Gasteiger partial charge on any atom is 0.220 e. The summed E-state index contributed by atoms with van der Waals surface area (Å²) < 4.78 is 13.4. The Bertz CT molecular complexity index is 618. The number of carbonyl (C=O) groups is 1. The third kappa shape index (κ3) is 5.70. The topological polar surface area (TPSA) is 29.1 Å². The predicted molar refractivity (Wildman–Crippen MR) is 89.7 cm³/mol. The second kappa shape index (κ2) is 8.81. The molecule has 116 valence electrons. The Balaban J connectivity index is 1.64. The number of halogens is 2. The molecule has 0 heterocycles. The molecule has 0 radical (unpaired) electrons. The second-order valence-electron chi connectivity index (χ2n) is 4.77. The summed E-state index contributed by atoms with van der Waals surface area (Å²) in [4.78, 5) is 12.9. The van der Waals surface area contributed by atoms with E-state index in [2.05, 4.69) is 5.32 Å². The molecule has 0 bridgehead atoms. The van der Waals surface area contributed by atoms with Crippen molar-refractivity contribution in [3.63, 3.8) is 0 Å². The van der Waals surface area contributed by atoms with Gasteiger partial charge in [-0.3, -0.25) is 4.79 Å². The molecular weight excluding hydrogens is 321 g/mol. The van der Waals surface area contributed by atoms with Crippen LogP contribution in [-0.4, -0.2) is 11.7 Å². The molecule has 0 aliphatic heterocycles. The molecule has 2 rings (SSSR count). The van der Waals surface area contributed by atoms with E-state index >= 15 is 0 Å². The lowest BCUT2D eigenvalue weighted by Crippen LogP contribution is -2.23. The minimum absolute atomic E-state index is 0.0556. The van der Waals surface area contributed by atoms with Gasteiger partial charge in [-0.05, 0) is 42.5 Å². The van der Waals surface area contributed by atoms with Gasteiger partial charge in [0.05, 0.1) is 0 Å². The molecule has 5 heteroatoms. The van der Waals surface area contributed by atoms with E-state index in [1.165, 1.54) is 6.07 Å². The maximum atomic E-state index is 13.4. The predicted octanol–water partition coefficient (Wildman–Crippen LogP) is 4.67. The standard InChI is InChI=1S/C17H17ClFNOS/c18-14-7-9-15(10-8-14)22-11-3-6-17(21)20-12-13-4-1-2-5-16(13)19/h1-2,4-5,7-10H,3,6,11-12H2,(H,20,21). The van der Waals surface area contributed by atoms with Gasteiger partial charge in [0.15, 0.2) is 0 Å². The molecule has 0 atom stereocenters. The molecule has 22 heavy (non-hydrogen) atoms. The minimum atomic E-state index is -0.291. The van der Waals surface area contributed by atoms with Crippen molar-refractivity contribution in [1.82, 2.24) is 5.32 Å². The van der Waals surface area contributed by atoms with Gasteiger partial charge < -0.3 is 5.32 Å². The first-order chi connectivity index (χ1) is 10.6. The van der Waals surface area contributed by atoms with Crippen LogP contribution in [0.15, 0.2) is 53.4 Å². The zero-order chi connectivity index (χ0) is 15.8. The smallest absolute Gasteiger partial charge is 0.220 e. The number of benzene rings is 2. The van der Waals surface area contributed by atoms with Gasteiger partial charge >= 0.3 is 0 Å². The zero-order valence-electron chi connectivity index (χ0n) is 12.0. The van der Waals surface area contributed by atoms with E-state index < -0.39 is 0 Å². The number of carbonyl (C=O) groups excluding carboxylic acids is 1. The second-order valence-corrected chi connectivity index (χ2v) is 6.38. The van der Waals surface area contributed by atoms with E-state index in [1.54, 1.807) is 30.0 Å². The summed E-state index contributed by atoms with van der Waals surface area (Å²) in [6, 6.07) is 14.1. The van der Waals surface area contributed by atoms with Gasteiger partial charge in [-0.15, -0.1) is 11.8 Å². The number of nitrogens with one attached hydrogen (secondary N) is 1. The van der Waals surface area contributed by atoms with Crippen LogP contribution in [0.3, 0.4) is 0 Å². The average molecular weight is 338 g/mol. The summed E-state index contributed by atoms with van der Waals surface area (Å²) >= 11 is 7.51. The van der Waals surface area contributed by atoms with Gasteiger partial charge in [0.2, 0.25) is 5.91 Å². The molecule has 0 aliphatic carbocycles. The lowest BCUT2D eigenvalue weighted by Gasteiger charge is -2.06. The highest BCUT2D eigenvalue weighted by molar-refractivity contribution is 7.99. The van der Waals surface area contributed by atoms with Crippen molar-refractivity contribution in [2.45, 2.75) is 24.3 Å².